The summed E-state index contributed by atoms with van der Waals surface area (Å²) < 4.78 is 6.51. The Morgan fingerprint density at radius 1 is 0.750 bits per heavy atom. The number of Topliss-reactive ketones (excluding diaryl/α,β-unsaturated/α-hetero) is 1. The standard InChI is InChI=1S/C21H15BrO2/c22-20-19(23)17-13-7-8-14-18(17)24-21(20,15-9-3-1-4-10-15)16-11-5-2-6-12-16/h1-14,20H. The molecule has 0 bridgehead atoms. The summed E-state index contributed by atoms with van der Waals surface area (Å²) in [4.78, 5) is 12.5. The second-order valence-electron chi connectivity index (χ2n) is 5.79. The van der Waals surface area contributed by atoms with E-state index in [1.165, 1.54) is 0 Å². The molecule has 0 spiro atoms. The number of hydrogen-bond donors (Lipinski definition) is 0. The summed E-state index contributed by atoms with van der Waals surface area (Å²) in [7, 11) is 0. The fraction of sp³-hybridized carbons (Fsp3) is 0.0952. The normalized spacial score (nSPS) is 18.5. The fourth-order valence-electron chi connectivity index (χ4n) is 3.25. The maximum atomic E-state index is 13.1. The Labute approximate surface area is 149 Å². The molecule has 2 nitrogen and oxygen atoms in total. The molecule has 4 rings (SSSR count). The molecule has 1 unspecified atom stereocenters. The van der Waals surface area contributed by atoms with Crippen molar-refractivity contribution in [2.75, 3.05) is 0 Å². The molecule has 3 heteroatoms. The second-order valence-corrected chi connectivity index (χ2v) is 6.71. The van der Waals surface area contributed by atoms with Crippen LogP contribution in [-0.4, -0.2) is 10.6 Å². The van der Waals surface area contributed by atoms with Gasteiger partial charge in [-0.2, -0.15) is 0 Å². The maximum absolute atomic E-state index is 13.1. The van der Waals surface area contributed by atoms with Crippen LogP contribution in [-0.2, 0) is 5.60 Å². The minimum Gasteiger partial charge on any atom is -0.475 e. The van der Waals surface area contributed by atoms with Gasteiger partial charge in [-0.05, 0) is 12.1 Å². The van der Waals surface area contributed by atoms with Gasteiger partial charge in [0, 0.05) is 11.1 Å². The molecule has 1 atom stereocenters. The third-order valence-corrected chi connectivity index (χ3v) is 5.48. The zero-order valence-electron chi connectivity index (χ0n) is 12.9. The molecule has 118 valence electrons. The van der Waals surface area contributed by atoms with Crippen LogP contribution in [0.1, 0.15) is 21.5 Å². The highest BCUT2D eigenvalue weighted by molar-refractivity contribution is 9.10. The Hall–Kier alpha value is -2.39. The van der Waals surface area contributed by atoms with E-state index in [-0.39, 0.29) is 5.78 Å². The molecule has 0 saturated heterocycles. The van der Waals surface area contributed by atoms with Gasteiger partial charge < -0.3 is 4.74 Å². The molecule has 1 aliphatic rings. The van der Waals surface area contributed by atoms with Crippen molar-refractivity contribution in [2.45, 2.75) is 10.4 Å². The third-order valence-electron chi connectivity index (χ3n) is 4.42. The summed E-state index contributed by atoms with van der Waals surface area (Å²) in [6.07, 6.45) is 0. The molecule has 0 amide bonds. The second kappa shape index (κ2) is 5.91. The zero-order valence-corrected chi connectivity index (χ0v) is 14.4. The summed E-state index contributed by atoms with van der Waals surface area (Å²) in [6, 6.07) is 27.2. The first-order valence-electron chi connectivity index (χ1n) is 7.81. The van der Waals surface area contributed by atoms with Crippen LogP contribution < -0.4 is 4.74 Å². The van der Waals surface area contributed by atoms with Gasteiger partial charge in [-0.1, -0.05) is 88.7 Å². The number of para-hydroxylation sites is 1. The molecule has 0 radical (unpaired) electrons. The quantitative estimate of drug-likeness (QED) is 0.588. The van der Waals surface area contributed by atoms with E-state index in [2.05, 4.69) is 15.9 Å². The van der Waals surface area contributed by atoms with Crippen molar-refractivity contribution in [3.05, 3.63) is 102 Å². The lowest BCUT2D eigenvalue weighted by Gasteiger charge is -2.42. The number of halogens is 1. The Balaban J connectivity index is 2.00. The van der Waals surface area contributed by atoms with Gasteiger partial charge in [-0.25, -0.2) is 0 Å². The molecule has 0 aliphatic carbocycles. The van der Waals surface area contributed by atoms with Crippen molar-refractivity contribution in [1.29, 1.82) is 0 Å². The molecule has 0 fully saturated rings. The fourth-order valence-corrected chi connectivity index (χ4v) is 4.12. The topological polar surface area (TPSA) is 26.3 Å². The van der Waals surface area contributed by atoms with E-state index in [1.807, 2.05) is 84.9 Å². The highest BCUT2D eigenvalue weighted by Gasteiger charge is 2.51. The van der Waals surface area contributed by atoms with Gasteiger partial charge in [0.25, 0.3) is 0 Å². The monoisotopic (exact) mass is 378 g/mol. The van der Waals surface area contributed by atoms with Gasteiger partial charge in [0.15, 0.2) is 11.4 Å². The summed E-state index contributed by atoms with van der Waals surface area (Å²) >= 11 is 3.65. The van der Waals surface area contributed by atoms with Gasteiger partial charge in [-0.15, -0.1) is 0 Å². The van der Waals surface area contributed by atoms with E-state index in [0.29, 0.717) is 11.3 Å². The van der Waals surface area contributed by atoms with Crippen molar-refractivity contribution in [3.63, 3.8) is 0 Å². The Kier molecular flexibility index (Phi) is 3.73. The number of ketones is 1. The van der Waals surface area contributed by atoms with Gasteiger partial charge in [0.1, 0.15) is 10.6 Å². The number of alkyl halides is 1. The first kappa shape index (κ1) is 15.2. The Bertz CT molecular complexity index is 835. The predicted molar refractivity (Wildman–Crippen MR) is 97.8 cm³/mol. The lowest BCUT2D eigenvalue weighted by atomic mass is 9.79. The van der Waals surface area contributed by atoms with Crippen LogP contribution in [0.5, 0.6) is 5.75 Å². The summed E-state index contributed by atoms with van der Waals surface area (Å²) in [5.74, 6) is 0.649. The van der Waals surface area contributed by atoms with E-state index < -0.39 is 10.4 Å². The molecule has 0 N–H and O–H groups in total. The molecule has 3 aromatic carbocycles. The van der Waals surface area contributed by atoms with Crippen molar-refractivity contribution < 1.29 is 9.53 Å². The zero-order chi connectivity index (χ0) is 16.6. The average molecular weight is 379 g/mol. The average Bonchev–Trinajstić information content (AvgIpc) is 2.66. The largest absolute Gasteiger partial charge is 0.475 e. The van der Waals surface area contributed by atoms with Crippen LogP contribution in [0.2, 0.25) is 0 Å². The number of fused-ring (bicyclic) bond motifs is 1. The number of carbonyl (C=O) groups excluding carboxylic acids is 1. The van der Waals surface area contributed by atoms with Crippen LogP contribution in [0.3, 0.4) is 0 Å². The number of carbonyl (C=O) groups is 1. The van der Waals surface area contributed by atoms with Gasteiger partial charge in [0.05, 0.1) is 5.56 Å². The van der Waals surface area contributed by atoms with Crippen LogP contribution >= 0.6 is 15.9 Å². The van der Waals surface area contributed by atoms with Gasteiger partial charge in [0.2, 0.25) is 0 Å². The van der Waals surface area contributed by atoms with Crippen molar-refractivity contribution in [1.82, 2.24) is 0 Å². The lowest BCUT2D eigenvalue weighted by Crippen LogP contribution is -2.50. The first-order chi connectivity index (χ1) is 11.7. The first-order valence-corrected chi connectivity index (χ1v) is 8.72. The van der Waals surface area contributed by atoms with Crippen LogP contribution in [0.15, 0.2) is 84.9 Å². The molecule has 0 aromatic heterocycles. The third kappa shape index (κ3) is 2.20. The molecule has 3 aromatic rings. The van der Waals surface area contributed by atoms with E-state index in [1.54, 1.807) is 0 Å². The molecular weight excluding hydrogens is 364 g/mol. The Morgan fingerprint density at radius 3 is 1.83 bits per heavy atom. The van der Waals surface area contributed by atoms with Crippen molar-refractivity contribution >= 4 is 21.7 Å². The lowest BCUT2D eigenvalue weighted by molar-refractivity contribution is 0.0666. The number of benzene rings is 3. The number of rotatable bonds is 2. The SMILES string of the molecule is O=C1c2ccccc2OC(c2ccccc2)(c2ccccc2)C1Br. The highest BCUT2D eigenvalue weighted by Crippen LogP contribution is 2.47. The van der Waals surface area contributed by atoms with Crippen LogP contribution in [0, 0.1) is 0 Å². The summed E-state index contributed by atoms with van der Waals surface area (Å²) in [6.45, 7) is 0. The van der Waals surface area contributed by atoms with Crippen molar-refractivity contribution in [2.24, 2.45) is 0 Å². The number of ether oxygens (including phenoxy) is 1. The predicted octanol–water partition coefficient (Wildman–Crippen LogP) is 4.97. The van der Waals surface area contributed by atoms with E-state index >= 15 is 0 Å². The van der Waals surface area contributed by atoms with E-state index in [0.717, 1.165) is 11.1 Å². The number of hydrogen-bond acceptors (Lipinski definition) is 2. The van der Waals surface area contributed by atoms with Crippen LogP contribution in [0.4, 0.5) is 0 Å². The Morgan fingerprint density at radius 2 is 1.25 bits per heavy atom. The summed E-state index contributed by atoms with van der Waals surface area (Å²) in [5.41, 5.74) is 1.61. The molecule has 24 heavy (non-hydrogen) atoms. The molecule has 1 aliphatic heterocycles. The minimum atomic E-state index is -0.895. The minimum absolute atomic E-state index is 0.0320. The van der Waals surface area contributed by atoms with E-state index in [4.69, 9.17) is 4.74 Å². The van der Waals surface area contributed by atoms with Crippen molar-refractivity contribution in [3.8, 4) is 5.75 Å². The van der Waals surface area contributed by atoms with Crippen LogP contribution in [0.25, 0.3) is 0 Å². The van der Waals surface area contributed by atoms with E-state index in [9.17, 15) is 4.79 Å². The molecule has 0 saturated carbocycles. The molecule has 1 heterocycles. The summed E-state index contributed by atoms with van der Waals surface area (Å²) in [5, 5.41) is 0. The molecular formula is C21H15BrO2. The van der Waals surface area contributed by atoms with Gasteiger partial charge in [-0.3, -0.25) is 4.79 Å². The highest BCUT2D eigenvalue weighted by atomic mass is 79.9. The van der Waals surface area contributed by atoms with Gasteiger partial charge >= 0.3 is 0 Å². The maximum Gasteiger partial charge on any atom is 0.184 e. The smallest absolute Gasteiger partial charge is 0.184 e.